The second-order valence-corrected chi connectivity index (χ2v) is 10.4. The lowest BCUT2D eigenvalue weighted by molar-refractivity contribution is 0.383. The maximum Gasteiger partial charge on any atom is 0.262 e. The third kappa shape index (κ3) is 3.74. The molecule has 0 spiro atoms. The van der Waals surface area contributed by atoms with Crippen molar-refractivity contribution in [1.29, 1.82) is 0 Å². The number of aromatic nitrogens is 4. The summed E-state index contributed by atoms with van der Waals surface area (Å²) in [6, 6.07) is 5.69. The van der Waals surface area contributed by atoms with Crippen molar-refractivity contribution >= 4 is 26.6 Å². The lowest BCUT2D eigenvalue weighted by Gasteiger charge is -2.35. The van der Waals surface area contributed by atoms with Gasteiger partial charge in [-0.1, -0.05) is 0 Å². The Bertz CT molecular complexity index is 1280. The van der Waals surface area contributed by atoms with Gasteiger partial charge in [0.25, 0.3) is 15.6 Å². The minimum absolute atomic E-state index is 0.00465. The fraction of sp³-hybridized carbons (Fsp3) is 0.476. The van der Waals surface area contributed by atoms with Crippen molar-refractivity contribution in [2.45, 2.75) is 31.3 Å². The molecule has 0 radical (unpaired) electrons. The van der Waals surface area contributed by atoms with E-state index in [1.807, 2.05) is 18.2 Å². The van der Waals surface area contributed by atoms with Gasteiger partial charge in [0.15, 0.2) is 5.03 Å². The molecule has 1 aliphatic heterocycles. The lowest BCUT2D eigenvalue weighted by Crippen LogP contribution is -2.48. The highest BCUT2D eigenvalue weighted by Gasteiger charge is 2.31. The van der Waals surface area contributed by atoms with Crippen LogP contribution >= 0.6 is 0 Å². The van der Waals surface area contributed by atoms with E-state index in [2.05, 4.69) is 14.9 Å². The molecule has 0 amide bonds. The van der Waals surface area contributed by atoms with Crippen LogP contribution in [0.1, 0.15) is 18.7 Å². The Morgan fingerprint density at radius 3 is 2.52 bits per heavy atom. The highest BCUT2D eigenvalue weighted by atomic mass is 32.2. The first-order chi connectivity index (χ1) is 14.8. The van der Waals surface area contributed by atoms with Crippen LogP contribution in [0.15, 0.2) is 40.5 Å². The molecule has 0 bridgehead atoms. The largest absolute Gasteiger partial charge is 0.369 e. The molecule has 0 atom stereocenters. The lowest BCUT2D eigenvalue weighted by atomic mass is 10.2. The van der Waals surface area contributed by atoms with Crippen LogP contribution in [0.25, 0.3) is 10.9 Å². The van der Waals surface area contributed by atoms with E-state index in [-0.39, 0.29) is 10.6 Å². The smallest absolute Gasteiger partial charge is 0.262 e. The quantitative estimate of drug-likeness (QED) is 0.592. The number of hydrogen-bond acceptors (Lipinski definition) is 6. The number of anilines is 1. The fourth-order valence-electron chi connectivity index (χ4n) is 4.02. The fourth-order valence-corrected chi connectivity index (χ4v) is 5.47. The number of piperazine rings is 1. The van der Waals surface area contributed by atoms with Crippen molar-refractivity contribution in [2.75, 3.05) is 31.1 Å². The zero-order valence-corrected chi connectivity index (χ0v) is 18.5. The van der Waals surface area contributed by atoms with E-state index in [1.165, 1.54) is 17.1 Å². The van der Waals surface area contributed by atoms with Crippen LogP contribution in [-0.2, 0) is 23.6 Å². The van der Waals surface area contributed by atoms with Crippen LogP contribution in [0, 0.1) is 12.8 Å². The summed E-state index contributed by atoms with van der Waals surface area (Å²) in [6.07, 6.45) is 5.57. The first-order valence-corrected chi connectivity index (χ1v) is 12.0. The van der Waals surface area contributed by atoms with Gasteiger partial charge in [-0.2, -0.15) is 4.31 Å². The monoisotopic (exact) mass is 442 g/mol. The third-order valence-electron chi connectivity index (χ3n) is 6.26. The van der Waals surface area contributed by atoms with E-state index in [1.54, 1.807) is 35.6 Å². The Morgan fingerprint density at radius 2 is 1.87 bits per heavy atom. The van der Waals surface area contributed by atoms with E-state index < -0.39 is 10.0 Å². The zero-order chi connectivity index (χ0) is 21.8. The SMILES string of the molecule is Cc1nc(S(=O)(=O)N2CCN(c3ccc4c(=O)n(CC5CC5)cnc4c3)CC2)cn1C. The number of nitrogens with zero attached hydrogens (tertiary/aromatic N) is 6. The molecule has 2 fully saturated rings. The number of sulfonamides is 1. The molecule has 5 rings (SSSR count). The molecule has 1 saturated carbocycles. The minimum atomic E-state index is -3.60. The van der Waals surface area contributed by atoms with Gasteiger partial charge in [-0.3, -0.25) is 9.36 Å². The van der Waals surface area contributed by atoms with Gasteiger partial charge in [0.1, 0.15) is 5.82 Å². The van der Waals surface area contributed by atoms with Gasteiger partial charge in [0.05, 0.1) is 17.2 Å². The van der Waals surface area contributed by atoms with E-state index in [4.69, 9.17) is 0 Å². The highest BCUT2D eigenvalue weighted by Crippen LogP contribution is 2.30. The molecule has 1 aliphatic carbocycles. The molecule has 0 N–H and O–H groups in total. The number of hydrogen-bond donors (Lipinski definition) is 0. The molecule has 1 aromatic carbocycles. The van der Waals surface area contributed by atoms with Crippen LogP contribution in [0.3, 0.4) is 0 Å². The normalized spacial score (nSPS) is 18.1. The van der Waals surface area contributed by atoms with E-state index in [9.17, 15) is 13.2 Å². The molecule has 10 heteroatoms. The average molecular weight is 443 g/mol. The Morgan fingerprint density at radius 1 is 1.13 bits per heavy atom. The van der Waals surface area contributed by atoms with Crippen molar-refractivity contribution in [2.24, 2.45) is 13.0 Å². The topological polar surface area (TPSA) is 93.3 Å². The Labute approximate surface area is 181 Å². The van der Waals surface area contributed by atoms with Crippen LogP contribution in [0.4, 0.5) is 5.69 Å². The molecule has 1 saturated heterocycles. The molecule has 2 aliphatic rings. The predicted octanol–water partition coefficient (Wildman–Crippen LogP) is 1.36. The summed E-state index contributed by atoms with van der Waals surface area (Å²) >= 11 is 0. The predicted molar refractivity (Wildman–Crippen MR) is 118 cm³/mol. The number of rotatable bonds is 5. The number of fused-ring (bicyclic) bond motifs is 1. The Balaban J connectivity index is 1.32. The van der Waals surface area contributed by atoms with Crippen molar-refractivity contribution in [3.05, 3.63) is 46.9 Å². The molecule has 164 valence electrons. The van der Waals surface area contributed by atoms with Crippen molar-refractivity contribution < 1.29 is 8.42 Å². The van der Waals surface area contributed by atoms with Crippen LogP contribution in [-0.4, -0.2) is 58.0 Å². The summed E-state index contributed by atoms with van der Waals surface area (Å²) in [5.74, 6) is 1.27. The maximum absolute atomic E-state index is 12.9. The van der Waals surface area contributed by atoms with Gasteiger partial charge in [0, 0.05) is 51.7 Å². The molecule has 3 heterocycles. The summed E-state index contributed by atoms with van der Waals surface area (Å²) in [7, 11) is -1.82. The Hall–Kier alpha value is -2.72. The molecular weight excluding hydrogens is 416 g/mol. The number of imidazole rings is 1. The van der Waals surface area contributed by atoms with Crippen molar-refractivity contribution in [1.82, 2.24) is 23.4 Å². The average Bonchev–Trinajstić information content (AvgIpc) is 3.52. The van der Waals surface area contributed by atoms with Gasteiger partial charge in [-0.05, 0) is 43.9 Å². The third-order valence-corrected chi connectivity index (χ3v) is 8.03. The number of benzene rings is 1. The van der Waals surface area contributed by atoms with Crippen molar-refractivity contribution in [3.63, 3.8) is 0 Å². The Kier molecular flexibility index (Phi) is 4.86. The van der Waals surface area contributed by atoms with Crippen LogP contribution in [0.5, 0.6) is 0 Å². The molecule has 2 aromatic heterocycles. The zero-order valence-electron chi connectivity index (χ0n) is 17.7. The van der Waals surface area contributed by atoms with Crippen molar-refractivity contribution in [3.8, 4) is 0 Å². The van der Waals surface area contributed by atoms with E-state index in [0.29, 0.717) is 48.8 Å². The van der Waals surface area contributed by atoms with Gasteiger partial charge >= 0.3 is 0 Å². The summed E-state index contributed by atoms with van der Waals surface area (Å²) in [6.45, 7) is 4.42. The number of aryl methyl sites for hydroxylation is 2. The molecule has 0 unspecified atom stereocenters. The standard InChI is InChI=1S/C21H26N6O3S/c1-15-23-20(13-24(15)2)31(29,30)27-9-7-25(8-10-27)17-5-6-18-19(11-17)22-14-26(21(18)28)12-16-3-4-16/h5-6,11,13-14,16H,3-4,7-10,12H2,1-2H3. The molecule has 9 nitrogen and oxygen atoms in total. The summed E-state index contributed by atoms with van der Waals surface area (Å²) in [4.78, 5) is 23.5. The second-order valence-electron chi connectivity index (χ2n) is 8.48. The molecule has 3 aromatic rings. The molecular formula is C21H26N6O3S. The molecule has 31 heavy (non-hydrogen) atoms. The van der Waals surface area contributed by atoms with Gasteiger partial charge < -0.3 is 9.47 Å². The van der Waals surface area contributed by atoms with E-state index >= 15 is 0 Å². The van der Waals surface area contributed by atoms with Crippen LogP contribution < -0.4 is 10.5 Å². The van der Waals surface area contributed by atoms with E-state index in [0.717, 1.165) is 12.2 Å². The summed E-state index contributed by atoms with van der Waals surface area (Å²) < 4.78 is 30.7. The highest BCUT2D eigenvalue weighted by molar-refractivity contribution is 7.89. The van der Waals surface area contributed by atoms with Gasteiger partial charge in [0.2, 0.25) is 0 Å². The summed E-state index contributed by atoms with van der Waals surface area (Å²) in [5, 5.41) is 0.719. The first-order valence-electron chi connectivity index (χ1n) is 10.6. The summed E-state index contributed by atoms with van der Waals surface area (Å²) in [5.41, 5.74) is 1.63. The second kappa shape index (κ2) is 7.45. The van der Waals surface area contributed by atoms with Gasteiger partial charge in [-0.15, -0.1) is 0 Å². The minimum Gasteiger partial charge on any atom is -0.369 e. The van der Waals surface area contributed by atoms with Gasteiger partial charge in [-0.25, -0.2) is 18.4 Å². The maximum atomic E-state index is 12.9. The van der Waals surface area contributed by atoms with Crippen LogP contribution in [0.2, 0.25) is 0 Å². The first kappa shape index (κ1) is 20.2.